The topological polar surface area (TPSA) is 241 Å². The van der Waals surface area contributed by atoms with Gasteiger partial charge < -0.3 is 44.0 Å². The maximum Gasteiger partial charge on any atom is 0.326 e. The van der Waals surface area contributed by atoms with Gasteiger partial charge in [0, 0.05) is 6.54 Å². The molecule has 0 bridgehead atoms. The van der Waals surface area contributed by atoms with E-state index < -0.39 is 47.9 Å². The third-order valence-corrected chi connectivity index (χ3v) is 4.96. The third-order valence-electron chi connectivity index (χ3n) is 4.96. The van der Waals surface area contributed by atoms with E-state index in [-0.39, 0.29) is 24.7 Å². The zero-order valence-corrected chi connectivity index (χ0v) is 20.4. The number of rotatable bonds is 17. The number of hydrogen-bond acceptors (Lipinski definition) is 7. The summed E-state index contributed by atoms with van der Waals surface area (Å²) in [5.74, 6) is -2.87. The number of nitrogens with one attached hydrogen (secondary N) is 3. The van der Waals surface area contributed by atoms with Gasteiger partial charge in [0.05, 0.1) is 6.04 Å². The largest absolute Gasteiger partial charge is 0.480 e. The van der Waals surface area contributed by atoms with E-state index >= 15 is 0 Å². The minimum atomic E-state index is -1.16. The summed E-state index contributed by atoms with van der Waals surface area (Å²) in [5.41, 5.74) is 21.8. The van der Waals surface area contributed by atoms with Crippen molar-refractivity contribution in [3.63, 3.8) is 0 Å². The van der Waals surface area contributed by atoms with Gasteiger partial charge in [0.15, 0.2) is 5.96 Å². The first kappa shape index (κ1) is 31.1. The predicted octanol–water partition coefficient (Wildman–Crippen LogP) is -1.90. The molecule has 4 unspecified atom stereocenters. The number of hydrogen-bond donors (Lipinski definition) is 8. The number of carbonyl (C=O) groups is 4. The van der Waals surface area contributed by atoms with Gasteiger partial charge in [0.2, 0.25) is 17.7 Å². The van der Waals surface area contributed by atoms with Crippen LogP contribution in [0.25, 0.3) is 0 Å². The predicted molar refractivity (Wildman–Crippen MR) is 129 cm³/mol. The Hall–Kier alpha value is -2.93. The molecule has 0 aromatic carbocycles. The molecule has 0 fully saturated rings. The van der Waals surface area contributed by atoms with Crippen molar-refractivity contribution in [3.8, 4) is 0 Å². The molecule has 0 rings (SSSR count). The van der Waals surface area contributed by atoms with Gasteiger partial charge in [-0.3, -0.25) is 19.4 Å². The molecular weight excluding hydrogens is 444 g/mol. The Morgan fingerprint density at radius 2 is 1.47 bits per heavy atom. The molecule has 0 radical (unpaired) electrons. The highest BCUT2D eigenvalue weighted by Gasteiger charge is 2.29. The third kappa shape index (κ3) is 13.6. The SMILES string of the molecule is CC(C)CC(NC(=O)C(C)NC(=O)C(N)CCCN=C(N)N)C(=O)NC(CCCCN)C(=O)O. The van der Waals surface area contributed by atoms with Crippen molar-refractivity contribution in [2.75, 3.05) is 13.1 Å². The first-order valence-corrected chi connectivity index (χ1v) is 11.5. The smallest absolute Gasteiger partial charge is 0.326 e. The van der Waals surface area contributed by atoms with Gasteiger partial charge in [-0.25, -0.2) is 4.79 Å². The van der Waals surface area contributed by atoms with Gasteiger partial charge in [-0.1, -0.05) is 13.8 Å². The number of amides is 3. The Bertz CT molecular complexity index is 697. The second-order valence-electron chi connectivity index (χ2n) is 8.66. The lowest BCUT2D eigenvalue weighted by atomic mass is 10.0. The first-order valence-electron chi connectivity index (χ1n) is 11.5. The Labute approximate surface area is 200 Å². The summed E-state index contributed by atoms with van der Waals surface area (Å²) in [6.45, 7) is 5.96. The Morgan fingerprint density at radius 1 is 0.853 bits per heavy atom. The summed E-state index contributed by atoms with van der Waals surface area (Å²) in [7, 11) is 0. The summed E-state index contributed by atoms with van der Waals surface area (Å²) in [5, 5.41) is 17.0. The summed E-state index contributed by atoms with van der Waals surface area (Å²) in [6, 6.07) is -3.86. The standard InChI is InChI=1S/C21H42N8O5/c1-12(2)11-16(19(32)28-15(20(33)34)8-4-5-9-22)29-17(30)13(3)27-18(31)14(23)7-6-10-26-21(24)25/h12-16H,4-11,22-23H2,1-3H3,(H,27,31)(H,28,32)(H,29,30)(H,33,34)(H4,24,25,26). The van der Waals surface area contributed by atoms with Crippen LogP contribution in [0.15, 0.2) is 4.99 Å². The molecule has 0 aliphatic heterocycles. The van der Waals surface area contributed by atoms with Crippen LogP contribution in [0.3, 0.4) is 0 Å². The number of nitrogens with two attached hydrogens (primary N) is 4. The fourth-order valence-electron chi connectivity index (χ4n) is 3.06. The lowest BCUT2D eigenvalue weighted by Crippen LogP contribution is -2.56. The quantitative estimate of drug-likeness (QED) is 0.0649. The number of nitrogens with zero attached hydrogens (tertiary/aromatic N) is 1. The van der Waals surface area contributed by atoms with E-state index in [1.54, 1.807) is 0 Å². The molecule has 4 atom stereocenters. The Morgan fingerprint density at radius 3 is 2.00 bits per heavy atom. The van der Waals surface area contributed by atoms with Crippen LogP contribution in [0.5, 0.6) is 0 Å². The van der Waals surface area contributed by atoms with Crippen molar-refractivity contribution < 1.29 is 24.3 Å². The lowest BCUT2D eigenvalue weighted by molar-refractivity contribution is -0.142. The zero-order chi connectivity index (χ0) is 26.3. The molecule has 13 heteroatoms. The minimum Gasteiger partial charge on any atom is -0.480 e. The molecule has 0 heterocycles. The van der Waals surface area contributed by atoms with Crippen LogP contribution in [0, 0.1) is 5.92 Å². The van der Waals surface area contributed by atoms with Crippen LogP contribution in [0.2, 0.25) is 0 Å². The van der Waals surface area contributed by atoms with Crippen LogP contribution in [-0.4, -0.2) is 72.0 Å². The van der Waals surface area contributed by atoms with Gasteiger partial charge in [0.1, 0.15) is 18.1 Å². The van der Waals surface area contributed by atoms with Crippen molar-refractivity contribution in [2.45, 2.75) is 83.5 Å². The summed E-state index contributed by atoms with van der Waals surface area (Å²) < 4.78 is 0. The maximum atomic E-state index is 12.8. The molecule has 0 spiro atoms. The van der Waals surface area contributed by atoms with Crippen LogP contribution < -0.4 is 38.9 Å². The van der Waals surface area contributed by atoms with E-state index in [0.717, 1.165) is 0 Å². The van der Waals surface area contributed by atoms with Crippen molar-refractivity contribution in [3.05, 3.63) is 0 Å². The molecule has 0 saturated carbocycles. The number of carbonyl (C=O) groups excluding carboxylic acids is 3. The average Bonchev–Trinajstić information content (AvgIpc) is 2.74. The Balaban J connectivity index is 4.95. The number of unbranched alkanes of at least 4 members (excludes halogenated alkanes) is 1. The van der Waals surface area contributed by atoms with Crippen LogP contribution in [0.1, 0.15) is 59.3 Å². The van der Waals surface area contributed by atoms with Crippen LogP contribution in [0.4, 0.5) is 0 Å². The molecule has 0 saturated heterocycles. The normalized spacial score (nSPS) is 14.4. The summed E-state index contributed by atoms with van der Waals surface area (Å²) in [4.78, 5) is 53.0. The van der Waals surface area contributed by atoms with Gasteiger partial charge >= 0.3 is 5.97 Å². The fourth-order valence-corrected chi connectivity index (χ4v) is 3.06. The van der Waals surface area contributed by atoms with E-state index in [1.807, 2.05) is 13.8 Å². The van der Waals surface area contributed by atoms with E-state index in [1.165, 1.54) is 6.92 Å². The highest BCUT2D eigenvalue weighted by molar-refractivity contribution is 5.93. The molecule has 13 nitrogen and oxygen atoms in total. The Kier molecular flexibility index (Phi) is 15.2. The summed E-state index contributed by atoms with van der Waals surface area (Å²) in [6.07, 6.45) is 2.51. The molecule has 34 heavy (non-hydrogen) atoms. The number of aliphatic carboxylic acids is 1. The maximum absolute atomic E-state index is 12.8. The molecule has 196 valence electrons. The number of aliphatic imine (C=N–C) groups is 1. The van der Waals surface area contributed by atoms with Gasteiger partial charge in [-0.2, -0.15) is 0 Å². The fraction of sp³-hybridized carbons (Fsp3) is 0.762. The monoisotopic (exact) mass is 486 g/mol. The van der Waals surface area contributed by atoms with Crippen molar-refractivity contribution >= 4 is 29.7 Å². The van der Waals surface area contributed by atoms with Gasteiger partial charge in [-0.05, 0) is 57.9 Å². The lowest BCUT2D eigenvalue weighted by Gasteiger charge is -2.25. The molecule has 0 aliphatic carbocycles. The van der Waals surface area contributed by atoms with Crippen molar-refractivity contribution in [2.24, 2.45) is 33.8 Å². The van der Waals surface area contributed by atoms with E-state index in [9.17, 15) is 24.3 Å². The number of guanidine groups is 1. The highest BCUT2D eigenvalue weighted by atomic mass is 16.4. The average molecular weight is 487 g/mol. The van der Waals surface area contributed by atoms with E-state index in [0.29, 0.717) is 38.8 Å². The van der Waals surface area contributed by atoms with E-state index in [2.05, 4.69) is 20.9 Å². The molecule has 12 N–H and O–H groups in total. The number of carboxylic acid groups (broad SMARTS) is 1. The molecule has 3 amide bonds. The number of carboxylic acids is 1. The second-order valence-corrected chi connectivity index (χ2v) is 8.66. The highest BCUT2D eigenvalue weighted by Crippen LogP contribution is 2.08. The molecule has 0 aromatic rings. The van der Waals surface area contributed by atoms with Crippen molar-refractivity contribution in [1.29, 1.82) is 0 Å². The van der Waals surface area contributed by atoms with Gasteiger partial charge in [-0.15, -0.1) is 0 Å². The summed E-state index contributed by atoms with van der Waals surface area (Å²) >= 11 is 0. The van der Waals surface area contributed by atoms with E-state index in [4.69, 9.17) is 22.9 Å². The zero-order valence-electron chi connectivity index (χ0n) is 20.4. The van der Waals surface area contributed by atoms with Crippen LogP contribution in [-0.2, 0) is 19.2 Å². The minimum absolute atomic E-state index is 0.0418. The van der Waals surface area contributed by atoms with Crippen LogP contribution >= 0.6 is 0 Å². The van der Waals surface area contributed by atoms with Crippen molar-refractivity contribution in [1.82, 2.24) is 16.0 Å². The molecular formula is C21H42N8O5. The second kappa shape index (κ2) is 16.6. The molecule has 0 aliphatic rings. The van der Waals surface area contributed by atoms with Gasteiger partial charge in [0.25, 0.3) is 0 Å². The molecule has 0 aromatic heterocycles. The first-order chi connectivity index (χ1) is 15.9.